The molecule has 0 aromatic heterocycles. The molecule has 0 heterocycles. The van der Waals surface area contributed by atoms with E-state index in [1.54, 1.807) is 30.3 Å². The average molecular weight is 592 g/mol. The maximum Gasteiger partial charge on any atom is 0.261 e. The number of benzene rings is 3. The third kappa shape index (κ3) is 7.99. The van der Waals surface area contributed by atoms with E-state index in [1.165, 1.54) is 4.90 Å². The van der Waals surface area contributed by atoms with Crippen molar-refractivity contribution < 1.29 is 14.3 Å². The van der Waals surface area contributed by atoms with Gasteiger partial charge in [-0.15, -0.1) is 0 Å². The van der Waals surface area contributed by atoms with Crippen molar-refractivity contribution in [3.05, 3.63) is 98.4 Å². The molecular formula is C28H29BrCl2N2O3. The third-order valence-electron chi connectivity index (χ3n) is 5.84. The molecule has 3 aromatic carbocycles. The molecule has 3 aromatic rings. The maximum atomic E-state index is 13.6. The fourth-order valence-corrected chi connectivity index (χ4v) is 4.39. The van der Waals surface area contributed by atoms with E-state index in [2.05, 4.69) is 21.2 Å². The lowest BCUT2D eigenvalue weighted by Crippen LogP contribution is -2.53. The molecule has 2 atom stereocenters. The van der Waals surface area contributed by atoms with Gasteiger partial charge in [-0.25, -0.2) is 0 Å². The predicted octanol–water partition coefficient (Wildman–Crippen LogP) is 6.69. The second-order valence-corrected chi connectivity index (χ2v) is 10.2. The highest BCUT2D eigenvalue weighted by atomic mass is 79.9. The summed E-state index contributed by atoms with van der Waals surface area (Å²) in [6.07, 6.45) is 1.09. The van der Waals surface area contributed by atoms with Crippen molar-refractivity contribution in [2.24, 2.45) is 0 Å². The fourth-order valence-electron chi connectivity index (χ4n) is 3.61. The van der Waals surface area contributed by atoms with E-state index in [1.807, 2.05) is 56.3 Å². The molecule has 5 nitrogen and oxygen atoms in total. The molecule has 0 spiro atoms. The van der Waals surface area contributed by atoms with Crippen molar-refractivity contribution in [1.82, 2.24) is 10.2 Å². The summed E-state index contributed by atoms with van der Waals surface area (Å²) in [5.41, 5.74) is 1.51. The Hall–Kier alpha value is -2.54. The number of amides is 2. The summed E-state index contributed by atoms with van der Waals surface area (Å²) in [6, 6.07) is 21.1. The second kappa shape index (κ2) is 13.7. The standard InChI is InChI=1S/C28H29BrCl2N2O3/c1-3-19(2)32-28(35)26(16-20-8-5-4-6-9-20)33(17-23-24(30)10-7-11-25(23)31)27(34)18-36-22-14-12-21(29)13-15-22/h4-15,19,26H,3,16-18H2,1-2H3,(H,32,35)/t19-,26-/m1/s1. The van der Waals surface area contributed by atoms with E-state index in [0.29, 0.717) is 27.8 Å². The Morgan fingerprint density at radius 3 is 2.22 bits per heavy atom. The number of ether oxygens (including phenoxy) is 1. The van der Waals surface area contributed by atoms with Gasteiger partial charge in [-0.05, 0) is 55.3 Å². The lowest BCUT2D eigenvalue weighted by molar-refractivity contribution is -0.143. The van der Waals surface area contributed by atoms with Crippen molar-refractivity contribution in [2.75, 3.05) is 6.61 Å². The Morgan fingerprint density at radius 2 is 1.61 bits per heavy atom. The summed E-state index contributed by atoms with van der Waals surface area (Å²) in [5.74, 6) is -0.0477. The molecule has 36 heavy (non-hydrogen) atoms. The van der Waals surface area contributed by atoms with Crippen molar-refractivity contribution in [2.45, 2.75) is 45.3 Å². The van der Waals surface area contributed by atoms with Gasteiger partial charge in [-0.3, -0.25) is 9.59 Å². The molecule has 0 saturated heterocycles. The molecule has 3 rings (SSSR count). The van der Waals surface area contributed by atoms with E-state index >= 15 is 0 Å². The molecule has 0 radical (unpaired) electrons. The van der Waals surface area contributed by atoms with Crippen LogP contribution < -0.4 is 10.1 Å². The first-order valence-corrected chi connectivity index (χ1v) is 13.3. The van der Waals surface area contributed by atoms with Crippen LogP contribution in [0.5, 0.6) is 5.75 Å². The van der Waals surface area contributed by atoms with Crippen molar-refractivity contribution in [1.29, 1.82) is 0 Å². The molecule has 1 N–H and O–H groups in total. The third-order valence-corrected chi connectivity index (χ3v) is 7.08. The second-order valence-electron chi connectivity index (χ2n) is 8.49. The molecule has 190 valence electrons. The summed E-state index contributed by atoms with van der Waals surface area (Å²) in [6.45, 7) is 3.75. The summed E-state index contributed by atoms with van der Waals surface area (Å²) in [4.78, 5) is 28.7. The van der Waals surface area contributed by atoms with Crippen LogP contribution in [-0.2, 0) is 22.6 Å². The fraction of sp³-hybridized carbons (Fsp3) is 0.286. The zero-order chi connectivity index (χ0) is 26.1. The lowest BCUT2D eigenvalue weighted by atomic mass is 10.0. The molecular weight excluding hydrogens is 563 g/mol. The van der Waals surface area contributed by atoms with Gasteiger partial charge in [0.1, 0.15) is 11.8 Å². The van der Waals surface area contributed by atoms with Gasteiger partial charge in [-0.2, -0.15) is 0 Å². The number of hydrogen-bond acceptors (Lipinski definition) is 3. The smallest absolute Gasteiger partial charge is 0.261 e. The molecule has 0 aliphatic rings. The Balaban J connectivity index is 1.95. The molecule has 0 aliphatic carbocycles. The van der Waals surface area contributed by atoms with Crippen molar-refractivity contribution in [3.63, 3.8) is 0 Å². The van der Waals surface area contributed by atoms with Gasteiger partial charge in [0.25, 0.3) is 5.91 Å². The van der Waals surface area contributed by atoms with Gasteiger partial charge in [-0.1, -0.05) is 82.5 Å². The highest BCUT2D eigenvalue weighted by molar-refractivity contribution is 9.10. The predicted molar refractivity (Wildman–Crippen MR) is 148 cm³/mol. The monoisotopic (exact) mass is 590 g/mol. The van der Waals surface area contributed by atoms with E-state index < -0.39 is 6.04 Å². The van der Waals surface area contributed by atoms with Gasteiger partial charge >= 0.3 is 0 Å². The number of halogens is 3. The van der Waals surface area contributed by atoms with E-state index in [0.717, 1.165) is 16.5 Å². The maximum absolute atomic E-state index is 13.6. The van der Waals surface area contributed by atoms with Crippen LogP contribution in [0.25, 0.3) is 0 Å². The Morgan fingerprint density at radius 1 is 0.972 bits per heavy atom. The molecule has 0 saturated carbocycles. The van der Waals surface area contributed by atoms with Crippen LogP contribution in [0.1, 0.15) is 31.4 Å². The number of carbonyl (C=O) groups excluding carboxylic acids is 2. The van der Waals surface area contributed by atoms with E-state index in [9.17, 15) is 9.59 Å². The lowest BCUT2D eigenvalue weighted by Gasteiger charge is -2.32. The summed E-state index contributed by atoms with van der Waals surface area (Å²) < 4.78 is 6.68. The highest BCUT2D eigenvalue weighted by Gasteiger charge is 2.32. The van der Waals surface area contributed by atoms with Crippen molar-refractivity contribution >= 4 is 50.9 Å². The molecule has 2 amide bonds. The Labute approximate surface area is 230 Å². The summed E-state index contributed by atoms with van der Waals surface area (Å²) >= 11 is 16.3. The van der Waals surface area contributed by atoms with E-state index in [-0.39, 0.29) is 31.0 Å². The van der Waals surface area contributed by atoms with Crippen LogP contribution in [0.4, 0.5) is 0 Å². The first-order chi connectivity index (χ1) is 17.3. The van der Waals surface area contributed by atoms with Gasteiger partial charge < -0.3 is 15.0 Å². The minimum atomic E-state index is -0.797. The molecule has 0 fully saturated rings. The van der Waals surface area contributed by atoms with E-state index in [4.69, 9.17) is 27.9 Å². The zero-order valence-corrected chi connectivity index (χ0v) is 23.3. The number of carbonyl (C=O) groups is 2. The van der Waals surface area contributed by atoms with Crippen molar-refractivity contribution in [3.8, 4) is 5.75 Å². The van der Waals surface area contributed by atoms with Crippen LogP contribution in [-0.4, -0.2) is 35.4 Å². The summed E-state index contributed by atoms with van der Waals surface area (Å²) in [5, 5.41) is 3.89. The number of nitrogens with one attached hydrogen (secondary N) is 1. The highest BCUT2D eigenvalue weighted by Crippen LogP contribution is 2.27. The van der Waals surface area contributed by atoms with Crippen LogP contribution >= 0.6 is 39.1 Å². The molecule has 0 unspecified atom stereocenters. The first kappa shape index (κ1) is 28.0. The Bertz CT molecular complexity index is 1140. The van der Waals surface area contributed by atoms with Crippen LogP contribution in [0.15, 0.2) is 77.3 Å². The molecule has 0 bridgehead atoms. The topological polar surface area (TPSA) is 58.6 Å². The minimum absolute atomic E-state index is 0.0457. The average Bonchev–Trinajstić information content (AvgIpc) is 2.87. The Kier molecular flexibility index (Phi) is 10.7. The SMILES string of the molecule is CC[C@@H](C)NC(=O)[C@@H](Cc1ccccc1)N(Cc1c(Cl)cccc1Cl)C(=O)COc1ccc(Br)cc1. The zero-order valence-electron chi connectivity index (χ0n) is 20.2. The molecule has 8 heteroatoms. The van der Waals surface area contributed by atoms with Crippen LogP contribution in [0.3, 0.4) is 0 Å². The van der Waals surface area contributed by atoms with Crippen LogP contribution in [0.2, 0.25) is 10.0 Å². The molecule has 0 aliphatic heterocycles. The quantitative estimate of drug-likeness (QED) is 0.270. The normalized spacial score (nSPS) is 12.5. The number of rotatable bonds is 11. The minimum Gasteiger partial charge on any atom is -0.484 e. The van der Waals surface area contributed by atoms with Gasteiger partial charge in [0.15, 0.2) is 6.61 Å². The van der Waals surface area contributed by atoms with Crippen LogP contribution in [0, 0.1) is 0 Å². The van der Waals surface area contributed by atoms with Gasteiger partial charge in [0.05, 0.1) is 0 Å². The largest absolute Gasteiger partial charge is 0.484 e. The number of nitrogens with zero attached hydrogens (tertiary/aromatic N) is 1. The van der Waals surface area contributed by atoms with Gasteiger partial charge in [0.2, 0.25) is 5.91 Å². The van der Waals surface area contributed by atoms with Gasteiger partial charge in [0, 0.05) is 39.1 Å². The first-order valence-electron chi connectivity index (χ1n) is 11.7. The number of hydrogen-bond donors (Lipinski definition) is 1. The summed E-state index contributed by atoms with van der Waals surface area (Å²) in [7, 11) is 0.